The number of carbonyl (C=O) groups excluding carboxylic acids is 2. The fraction of sp³-hybridized carbons (Fsp3) is 0.214. The normalized spacial score (nSPS) is 10.1. The van der Waals surface area contributed by atoms with E-state index in [9.17, 15) is 9.59 Å². The number of benzene rings is 1. The number of rotatable bonds is 4. The summed E-state index contributed by atoms with van der Waals surface area (Å²) in [5, 5.41) is 6.22. The second-order valence-electron chi connectivity index (χ2n) is 4.37. The number of methoxy groups -OCH3 is 1. The maximum Gasteiger partial charge on any atom is 0.325 e. The Labute approximate surface area is 136 Å². The maximum absolute atomic E-state index is 11.9. The molecule has 2 N–H and O–H groups in total. The van der Waals surface area contributed by atoms with Gasteiger partial charge in [-0.3, -0.25) is 10.1 Å². The van der Waals surface area contributed by atoms with E-state index >= 15 is 0 Å². The second kappa shape index (κ2) is 7.24. The molecule has 8 heteroatoms. The van der Waals surface area contributed by atoms with Crippen molar-refractivity contribution >= 4 is 45.8 Å². The van der Waals surface area contributed by atoms with Crippen molar-refractivity contribution in [3.63, 3.8) is 0 Å². The van der Waals surface area contributed by atoms with Crippen molar-refractivity contribution in [3.05, 3.63) is 39.9 Å². The summed E-state index contributed by atoms with van der Waals surface area (Å²) in [5.74, 6) is -0.346. The highest BCUT2D eigenvalue weighted by Crippen LogP contribution is 2.23. The first kappa shape index (κ1) is 16.3. The van der Waals surface area contributed by atoms with Gasteiger partial charge < -0.3 is 10.1 Å². The van der Waals surface area contributed by atoms with E-state index in [2.05, 4.69) is 20.4 Å². The molecule has 116 valence electrons. The standard InChI is InChI=1S/C14H14ClN3O3S/c1-8-11(7-12(19)21-2)22-14(16-8)18-13(20)17-10-5-3-4-9(15)6-10/h3-6H,7H2,1-2H3,(H2,16,17,18,20). The van der Waals surface area contributed by atoms with Crippen LogP contribution in [0, 0.1) is 6.92 Å². The lowest BCUT2D eigenvalue weighted by Crippen LogP contribution is -2.19. The minimum absolute atomic E-state index is 0.137. The lowest BCUT2D eigenvalue weighted by Gasteiger charge is -2.05. The fourth-order valence-corrected chi connectivity index (χ4v) is 2.81. The number of carbonyl (C=O) groups is 2. The first-order valence-corrected chi connectivity index (χ1v) is 7.54. The second-order valence-corrected chi connectivity index (χ2v) is 5.89. The van der Waals surface area contributed by atoms with Crippen LogP contribution in [0.1, 0.15) is 10.6 Å². The average Bonchev–Trinajstić information content (AvgIpc) is 2.78. The summed E-state index contributed by atoms with van der Waals surface area (Å²) in [5.41, 5.74) is 1.27. The predicted molar refractivity (Wildman–Crippen MR) is 86.7 cm³/mol. The third-order valence-corrected chi connectivity index (χ3v) is 4.04. The number of hydrogen-bond acceptors (Lipinski definition) is 5. The quantitative estimate of drug-likeness (QED) is 0.836. The molecule has 0 saturated heterocycles. The highest BCUT2D eigenvalue weighted by molar-refractivity contribution is 7.16. The van der Waals surface area contributed by atoms with Crippen molar-refractivity contribution in [3.8, 4) is 0 Å². The van der Waals surface area contributed by atoms with Gasteiger partial charge in [0.2, 0.25) is 0 Å². The van der Waals surface area contributed by atoms with Crippen LogP contribution in [0.4, 0.5) is 15.6 Å². The van der Waals surface area contributed by atoms with Gasteiger partial charge in [-0.25, -0.2) is 9.78 Å². The van der Waals surface area contributed by atoms with E-state index in [-0.39, 0.29) is 12.4 Å². The highest BCUT2D eigenvalue weighted by Gasteiger charge is 2.13. The molecule has 6 nitrogen and oxygen atoms in total. The van der Waals surface area contributed by atoms with Gasteiger partial charge in [-0.15, -0.1) is 11.3 Å². The number of urea groups is 1. The van der Waals surface area contributed by atoms with E-state index in [1.807, 2.05) is 0 Å². The van der Waals surface area contributed by atoms with Crippen LogP contribution in [0.5, 0.6) is 0 Å². The summed E-state index contributed by atoms with van der Waals surface area (Å²) in [7, 11) is 1.33. The van der Waals surface area contributed by atoms with Crippen molar-refractivity contribution in [1.29, 1.82) is 0 Å². The van der Waals surface area contributed by atoms with Gasteiger partial charge in [-0.1, -0.05) is 17.7 Å². The van der Waals surface area contributed by atoms with Gasteiger partial charge in [0.1, 0.15) is 0 Å². The van der Waals surface area contributed by atoms with E-state index < -0.39 is 6.03 Å². The Morgan fingerprint density at radius 2 is 2.14 bits per heavy atom. The fourth-order valence-electron chi connectivity index (χ4n) is 1.67. The van der Waals surface area contributed by atoms with Crippen LogP contribution >= 0.6 is 22.9 Å². The van der Waals surface area contributed by atoms with Crippen LogP contribution in [0.3, 0.4) is 0 Å². The molecule has 0 spiro atoms. The van der Waals surface area contributed by atoms with E-state index in [0.29, 0.717) is 21.5 Å². The number of ether oxygens (including phenoxy) is 1. The molecule has 22 heavy (non-hydrogen) atoms. The molecule has 0 bridgehead atoms. The van der Waals surface area contributed by atoms with Gasteiger partial charge in [0.05, 0.1) is 19.2 Å². The zero-order chi connectivity index (χ0) is 16.1. The molecule has 1 aromatic heterocycles. The molecule has 2 rings (SSSR count). The average molecular weight is 340 g/mol. The van der Waals surface area contributed by atoms with Crippen molar-refractivity contribution in [1.82, 2.24) is 4.98 Å². The van der Waals surface area contributed by atoms with Crippen molar-refractivity contribution in [2.24, 2.45) is 0 Å². The minimum atomic E-state index is -0.430. The van der Waals surface area contributed by atoms with Crippen molar-refractivity contribution < 1.29 is 14.3 Å². The predicted octanol–water partition coefficient (Wildman–Crippen LogP) is 3.46. The molecule has 0 fully saturated rings. The van der Waals surface area contributed by atoms with Gasteiger partial charge in [-0.05, 0) is 25.1 Å². The van der Waals surface area contributed by atoms with Crippen LogP contribution in [0.25, 0.3) is 0 Å². The monoisotopic (exact) mass is 339 g/mol. The number of aromatic nitrogens is 1. The van der Waals surface area contributed by atoms with E-state index in [1.165, 1.54) is 18.4 Å². The van der Waals surface area contributed by atoms with E-state index in [0.717, 1.165) is 4.88 Å². The smallest absolute Gasteiger partial charge is 0.325 e. The molecule has 0 aliphatic heterocycles. The summed E-state index contributed by atoms with van der Waals surface area (Å²) < 4.78 is 4.62. The molecule has 0 radical (unpaired) electrons. The van der Waals surface area contributed by atoms with Crippen molar-refractivity contribution in [2.45, 2.75) is 13.3 Å². The first-order valence-electron chi connectivity index (χ1n) is 6.34. The molecular weight excluding hydrogens is 326 g/mol. The number of thiazole rings is 1. The van der Waals surface area contributed by atoms with Crippen LogP contribution in [0.15, 0.2) is 24.3 Å². The molecule has 0 atom stereocenters. The molecule has 1 heterocycles. The molecule has 0 aliphatic carbocycles. The third kappa shape index (κ3) is 4.44. The third-order valence-electron chi connectivity index (χ3n) is 2.73. The van der Waals surface area contributed by atoms with Gasteiger partial charge in [0.15, 0.2) is 5.13 Å². The number of aryl methyl sites for hydroxylation is 1. The first-order chi connectivity index (χ1) is 10.5. The Hall–Kier alpha value is -2.12. The largest absolute Gasteiger partial charge is 0.469 e. The van der Waals surface area contributed by atoms with Gasteiger partial charge >= 0.3 is 12.0 Å². The van der Waals surface area contributed by atoms with Gasteiger partial charge in [0.25, 0.3) is 0 Å². The lowest BCUT2D eigenvalue weighted by molar-refractivity contribution is -0.139. The van der Waals surface area contributed by atoms with Gasteiger partial charge in [-0.2, -0.15) is 0 Å². The molecule has 2 aromatic rings. The molecule has 2 amide bonds. The van der Waals surface area contributed by atoms with Crippen LogP contribution < -0.4 is 10.6 Å². The van der Waals surface area contributed by atoms with Crippen LogP contribution in [0.2, 0.25) is 5.02 Å². The Balaban J connectivity index is 2.00. The summed E-state index contributed by atoms with van der Waals surface area (Å²) in [6.07, 6.45) is 0.137. The zero-order valence-electron chi connectivity index (χ0n) is 12.0. The number of esters is 1. The number of nitrogens with one attached hydrogen (secondary N) is 2. The van der Waals surface area contributed by atoms with Crippen LogP contribution in [-0.2, 0) is 16.0 Å². The Kier molecular flexibility index (Phi) is 5.35. The topological polar surface area (TPSA) is 80.3 Å². The number of nitrogens with zero attached hydrogens (tertiary/aromatic N) is 1. The number of amides is 2. The summed E-state index contributed by atoms with van der Waals surface area (Å²) >= 11 is 7.08. The molecule has 1 aromatic carbocycles. The zero-order valence-corrected chi connectivity index (χ0v) is 13.5. The molecule has 0 unspecified atom stereocenters. The summed E-state index contributed by atoms with van der Waals surface area (Å²) in [6, 6.07) is 6.38. The highest BCUT2D eigenvalue weighted by atomic mass is 35.5. The summed E-state index contributed by atoms with van der Waals surface area (Å²) in [4.78, 5) is 28.1. The lowest BCUT2D eigenvalue weighted by atomic mass is 10.3. The summed E-state index contributed by atoms with van der Waals surface area (Å²) in [6.45, 7) is 1.77. The molecule has 0 aliphatic rings. The Morgan fingerprint density at radius 1 is 1.36 bits per heavy atom. The SMILES string of the molecule is COC(=O)Cc1sc(NC(=O)Nc2cccc(Cl)c2)nc1C. The number of anilines is 2. The molecular formula is C14H14ClN3O3S. The van der Waals surface area contributed by atoms with Crippen LogP contribution in [-0.4, -0.2) is 24.1 Å². The molecule has 0 saturated carbocycles. The minimum Gasteiger partial charge on any atom is -0.469 e. The Morgan fingerprint density at radius 3 is 2.82 bits per heavy atom. The van der Waals surface area contributed by atoms with E-state index in [4.69, 9.17) is 11.6 Å². The van der Waals surface area contributed by atoms with E-state index in [1.54, 1.807) is 31.2 Å². The van der Waals surface area contributed by atoms with Crippen molar-refractivity contribution in [2.75, 3.05) is 17.7 Å². The van der Waals surface area contributed by atoms with Gasteiger partial charge in [0, 0.05) is 15.6 Å². The maximum atomic E-state index is 11.9. The number of hydrogen-bond donors (Lipinski definition) is 2. The Bertz CT molecular complexity index is 702. The number of halogens is 1.